The van der Waals surface area contributed by atoms with E-state index in [-0.39, 0.29) is 0 Å². The second kappa shape index (κ2) is 4.41. The number of rotatable bonds is 2. The number of fused-ring (bicyclic) bond motifs is 1. The van der Waals surface area contributed by atoms with E-state index in [9.17, 15) is 0 Å². The fourth-order valence-electron chi connectivity index (χ4n) is 3.26. The summed E-state index contributed by atoms with van der Waals surface area (Å²) in [5.41, 5.74) is 4.73. The van der Waals surface area contributed by atoms with E-state index in [1.165, 1.54) is 11.1 Å². The van der Waals surface area contributed by atoms with Gasteiger partial charge in [0.25, 0.3) is 0 Å². The van der Waals surface area contributed by atoms with E-state index in [1.807, 2.05) is 12.1 Å². The van der Waals surface area contributed by atoms with Gasteiger partial charge in [0.2, 0.25) is 0 Å². The molecule has 0 aromatic heterocycles. The fourth-order valence-corrected chi connectivity index (χ4v) is 3.26. The largest absolute Gasteiger partial charge is 0.154 e. The van der Waals surface area contributed by atoms with Crippen LogP contribution in [0.2, 0.25) is 0 Å². The molecule has 2 nitrogen and oxygen atoms in total. The Kier molecular flexibility index (Phi) is 2.56. The third-order valence-electron chi connectivity index (χ3n) is 4.41. The number of nitrogens with zero attached hydrogens (tertiary/aromatic N) is 2. The van der Waals surface area contributed by atoms with Gasteiger partial charge in [0.05, 0.1) is 11.4 Å². The summed E-state index contributed by atoms with van der Waals surface area (Å²) < 4.78 is 0. The molecule has 1 heterocycles. The van der Waals surface area contributed by atoms with Crippen molar-refractivity contribution >= 4 is 11.4 Å². The van der Waals surface area contributed by atoms with E-state index in [1.54, 1.807) is 0 Å². The van der Waals surface area contributed by atoms with Crippen LogP contribution in [-0.4, -0.2) is 11.4 Å². The van der Waals surface area contributed by atoms with Gasteiger partial charge in [0.15, 0.2) is 0 Å². The van der Waals surface area contributed by atoms with Gasteiger partial charge in [0.1, 0.15) is 0 Å². The van der Waals surface area contributed by atoms with Crippen LogP contribution in [0.25, 0.3) is 0 Å². The Hall–Kier alpha value is -2.22. The van der Waals surface area contributed by atoms with Crippen LogP contribution in [0.4, 0.5) is 0 Å². The molecule has 1 fully saturated rings. The zero-order valence-corrected chi connectivity index (χ0v) is 11.4. The molecular weight excluding hydrogens is 244 g/mol. The minimum absolute atomic E-state index is 0.533. The molecule has 2 heteroatoms. The van der Waals surface area contributed by atoms with E-state index < -0.39 is 0 Å². The molecule has 4 rings (SSSR count). The second-order valence-corrected chi connectivity index (χ2v) is 5.61. The average Bonchev–Trinajstić information content (AvgIpc) is 3.20. The molecule has 0 spiro atoms. The van der Waals surface area contributed by atoms with Crippen molar-refractivity contribution in [3.05, 3.63) is 71.8 Å². The highest BCUT2D eigenvalue weighted by molar-refractivity contribution is 6.15. The Morgan fingerprint density at radius 2 is 1.05 bits per heavy atom. The van der Waals surface area contributed by atoms with Gasteiger partial charge in [0, 0.05) is 11.8 Å². The maximum Gasteiger partial charge on any atom is 0.0743 e. The van der Waals surface area contributed by atoms with Gasteiger partial charge in [-0.05, 0) is 17.0 Å². The molecular formula is C18H16N2. The first-order valence-corrected chi connectivity index (χ1v) is 7.12. The Morgan fingerprint density at radius 1 is 0.650 bits per heavy atom. The molecule has 1 aliphatic heterocycles. The topological polar surface area (TPSA) is 24.7 Å². The summed E-state index contributed by atoms with van der Waals surface area (Å²) in [6.07, 6.45) is 0. The molecule has 0 N–H and O–H groups in total. The third-order valence-corrected chi connectivity index (χ3v) is 4.41. The van der Waals surface area contributed by atoms with Crippen molar-refractivity contribution in [2.45, 2.75) is 6.92 Å². The lowest BCUT2D eigenvalue weighted by Crippen LogP contribution is -2.15. The summed E-state index contributed by atoms with van der Waals surface area (Å²) in [4.78, 5) is 0. The van der Waals surface area contributed by atoms with Gasteiger partial charge in [-0.15, -0.1) is 0 Å². The van der Waals surface area contributed by atoms with Crippen LogP contribution in [0.5, 0.6) is 0 Å². The van der Waals surface area contributed by atoms with E-state index in [2.05, 4.69) is 65.7 Å². The van der Waals surface area contributed by atoms with Crippen LogP contribution >= 0.6 is 0 Å². The first kappa shape index (κ1) is 11.6. The van der Waals surface area contributed by atoms with E-state index in [0.717, 1.165) is 11.4 Å². The minimum Gasteiger partial charge on any atom is -0.154 e. The SMILES string of the molecule is CC1[C@H]2C(c3ccccc3)=NN=C(c3ccccc3)[C@@H]12. The Labute approximate surface area is 118 Å². The Morgan fingerprint density at radius 3 is 1.45 bits per heavy atom. The molecule has 2 aromatic carbocycles. The molecule has 1 saturated carbocycles. The van der Waals surface area contributed by atoms with Crippen LogP contribution in [0.15, 0.2) is 70.9 Å². The highest BCUT2D eigenvalue weighted by atomic mass is 15.2. The summed E-state index contributed by atoms with van der Waals surface area (Å²) in [5, 5.41) is 9.07. The van der Waals surface area contributed by atoms with E-state index in [0.29, 0.717) is 17.8 Å². The second-order valence-electron chi connectivity index (χ2n) is 5.61. The summed E-state index contributed by atoms with van der Waals surface area (Å²) >= 11 is 0. The first-order chi connectivity index (χ1) is 9.86. The van der Waals surface area contributed by atoms with Gasteiger partial charge >= 0.3 is 0 Å². The molecule has 0 bridgehead atoms. The summed E-state index contributed by atoms with van der Waals surface area (Å²) in [6, 6.07) is 20.9. The third kappa shape index (κ3) is 1.72. The molecule has 3 atom stereocenters. The average molecular weight is 260 g/mol. The van der Waals surface area contributed by atoms with Gasteiger partial charge in [-0.1, -0.05) is 67.6 Å². The Bertz CT molecular complexity index is 624. The molecule has 98 valence electrons. The van der Waals surface area contributed by atoms with Crippen molar-refractivity contribution < 1.29 is 0 Å². The van der Waals surface area contributed by atoms with Crippen molar-refractivity contribution in [1.29, 1.82) is 0 Å². The minimum atomic E-state index is 0.533. The van der Waals surface area contributed by atoms with Gasteiger partial charge in [-0.2, -0.15) is 10.2 Å². The summed E-state index contributed by atoms with van der Waals surface area (Å²) in [5.74, 6) is 1.70. The molecule has 0 amide bonds. The quantitative estimate of drug-likeness (QED) is 0.785. The first-order valence-electron chi connectivity index (χ1n) is 7.12. The van der Waals surface area contributed by atoms with Crippen molar-refractivity contribution in [2.24, 2.45) is 28.0 Å². The number of benzene rings is 2. The van der Waals surface area contributed by atoms with Crippen LogP contribution < -0.4 is 0 Å². The van der Waals surface area contributed by atoms with Crippen LogP contribution in [-0.2, 0) is 0 Å². The van der Waals surface area contributed by atoms with Crippen molar-refractivity contribution in [2.75, 3.05) is 0 Å². The highest BCUT2D eigenvalue weighted by Crippen LogP contribution is 2.52. The summed E-state index contributed by atoms with van der Waals surface area (Å²) in [7, 11) is 0. The van der Waals surface area contributed by atoms with Crippen LogP contribution in [0, 0.1) is 17.8 Å². The maximum atomic E-state index is 4.54. The smallest absolute Gasteiger partial charge is 0.0743 e. The standard InChI is InChI=1S/C18H16N2/c1-12-15-16(12)18(14-10-6-3-7-11-14)20-19-17(15)13-8-4-2-5-9-13/h2-12,15-16H,1H3/t12?,15-,16+. The van der Waals surface area contributed by atoms with Gasteiger partial charge < -0.3 is 0 Å². The highest BCUT2D eigenvalue weighted by Gasteiger charge is 2.54. The van der Waals surface area contributed by atoms with Crippen molar-refractivity contribution in [3.63, 3.8) is 0 Å². The van der Waals surface area contributed by atoms with Gasteiger partial charge in [-0.3, -0.25) is 0 Å². The molecule has 1 unspecified atom stereocenters. The molecule has 20 heavy (non-hydrogen) atoms. The molecule has 2 aliphatic rings. The van der Waals surface area contributed by atoms with Crippen LogP contribution in [0.1, 0.15) is 18.1 Å². The van der Waals surface area contributed by atoms with Gasteiger partial charge in [-0.25, -0.2) is 0 Å². The predicted octanol–water partition coefficient (Wildman–Crippen LogP) is 3.78. The number of hydrogen-bond donors (Lipinski definition) is 0. The molecule has 0 radical (unpaired) electrons. The van der Waals surface area contributed by atoms with Crippen molar-refractivity contribution in [1.82, 2.24) is 0 Å². The zero-order valence-electron chi connectivity index (χ0n) is 11.4. The Balaban J connectivity index is 1.76. The normalized spacial score (nSPS) is 27.4. The monoisotopic (exact) mass is 260 g/mol. The lowest BCUT2D eigenvalue weighted by molar-refractivity contribution is 0.909. The molecule has 2 aromatic rings. The lowest BCUT2D eigenvalue weighted by Gasteiger charge is -2.11. The maximum absolute atomic E-state index is 4.54. The number of hydrogen-bond acceptors (Lipinski definition) is 2. The molecule has 1 aliphatic carbocycles. The zero-order chi connectivity index (χ0) is 13.5. The van der Waals surface area contributed by atoms with E-state index >= 15 is 0 Å². The fraction of sp³-hybridized carbons (Fsp3) is 0.222. The molecule has 0 saturated heterocycles. The predicted molar refractivity (Wildman–Crippen MR) is 82.1 cm³/mol. The lowest BCUT2D eigenvalue weighted by atomic mass is 9.99. The van der Waals surface area contributed by atoms with Crippen LogP contribution in [0.3, 0.4) is 0 Å². The van der Waals surface area contributed by atoms with Crippen molar-refractivity contribution in [3.8, 4) is 0 Å². The summed E-state index contributed by atoms with van der Waals surface area (Å²) in [6.45, 7) is 2.30. The van der Waals surface area contributed by atoms with E-state index in [4.69, 9.17) is 0 Å².